The van der Waals surface area contributed by atoms with E-state index >= 15 is 0 Å². The number of hydrogen-bond acceptors (Lipinski definition) is 5. The summed E-state index contributed by atoms with van der Waals surface area (Å²) < 4.78 is 33.2. The van der Waals surface area contributed by atoms with Crippen molar-refractivity contribution in [2.75, 3.05) is 21.3 Å². The van der Waals surface area contributed by atoms with Gasteiger partial charge in [-0.25, -0.2) is 13.6 Å². The maximum absolute atomic E-state index is 12.6. The number of rotatable bonds is 8. The number of sulfonamides is 1. The molecule has 2 rings (SSSR count). The summed E-state index contributed by atoms with van der Waals surface area (Å²) in [5.74, 6) is 1.33. The van der Waals surface area contributed by atoms with Gasteiger partial charge in [0.05, 0.1) is 25.2 Å². The highest BCUT2D eigenvalue weighted by Gasteiger charge is 2.18. The van der Waals surface area contributed by atoms with E-state index in [4.69, 9.17) is 14.6 Å². The highest BCUT2D eigenvalue weighted by atomic mass is 32.2. The predicted octanol–water partition coefficient (Wildman–Crippen LogP) is 2.50. The van der Waals surface area contributed by atoms with Crippen LogP contribution in [-0.4, -0.2) is 40.5 Å². The largest absolute Gasteiger partial charge is 0.497 e. The van der Waals surface area contributed by atoms with Crippen molar-refractivity contribution in [1.29, 1.82) is 0 Å². The van der Waals surface area contributed by atoms with Crippen molar-refractivity contribution in [1.82, 2.24) is 4.90 Å². The lowest BCUT2D eigenvalue weighted by atomic mass is 10.1. The highest BCUT2D eigenvalue weighted by molar-refractivity contribution is 7.89. The van der Waals surface area contributed by atoms with Crippen LogP contribution in [0.2, 0.25) is 0 Å². The number of ether oxygens (including phenoxy) is 2. The van der Waals surface area contributed by atoms with Gasteiger partial charge in [0.25, 0.3) is 0 Å². The quantitative estimate of drug-likeness (QED) is 0.726. The van der Waals surface area contributed by atoms with E-state index in [9.17, 15) is 13.2 Å². The second-order valence-electron chi connectivity index (χ2n) is 6.52. The number of aryl methyl sites for hydroxylation is 1. The van der Waals surface area contributed by atoms with Gasteiger partial charge in [0.15, 0.2) is 0 Å². The summed E-state index contributed by atoms with van der Waals surface area (Å²) in [4.78, 5) is 14.3. The van der Waals surface area contributed by atoms with Crippen molar-refractivity contribution in [2.45, 2.75) is 30.7 Å². The number of methoxy groups -OCH3 is 2. The van der Waals surface area contributed by atoms with Crippen LogP contribution in [0.25, 0.3) is 0 Å². The van der Waals surface area contributed by atoms with Crippen LogP contribution in [0.1, 0.15) is 30.5 Å². The maximum atomic E-state index is 12.6. The fraction of sp³-hybridized carbons (Fsp3) is 0.350. The average molecular weight is 407 g/mol. The standard InChI is InChI=1S/C20H26N2O5S/c1-14(16-6-8-19(9-7-16)28(21,24)25)22(2)20(23)10-5-15-11-17(26-3)13-18(12-15)27-4/h6-9,11-14H,5,10H2,1-4H3,(H2,21,24,25)/t14-/m1/s1. The normalized spacial score (nSPS) is 12.3. The molecule has 0 aliphatic rings. The average Bonchev–Trinajstić information content (AvgIpc) is 2.69. The molecule has 2 N–H and O–H groups in total. The molecule has 0 aromatic heterocycles. The van der Waals surface area contributed by atoms with E-state index < -0.39 is 10.0 Å². The van der Waals surface area contributed by atoms with Gasteiger partial charge in [-0.05, 0) is 48.7 Å². The third-order valence-corrected chi connectivity index (χ3v) is 5.63. The van der Waals surface area contributed by atoms with Crippen molar-refractivity contribution in [3.8, 4) is 11.5 Å². The topological polar surface area (TPSA) is 98.9 Å². The molecule has 8 heteroatoms. The van der Waals surface area contributed by atoms with Crippen LogP contribution in [0, 0.1) is 0 Å². The van der Waals surface area contributed by atoms with Crippen LogP contribution >= 0.6 is 0 Å². The van der Waals surface area contributed by atoms with Crippen molar-refractivity contribution in [3.63, 3.8) is 0 Å². The molecular formula is C20H26N2O5S. The molecule has 0 fully saturated rings. The molecule has 28 heavy (non-hydrogen) atoms. The van der Waals surface area contributed by atoms with E-state index in [1.54, 1.807) is 44.4 Å². The van der Waals surface area contributed by atoms with Gasteiger partial charge in [-0.1, -0.05) is 12.1 Å². The number of carbonyl (C=O) groups is 1. The number of amides is 1. The molecule has 152 valence electrons. The minimum Gasteiger partial charge on any atom is -0.497 e. The molecule has 0 saturated carbocycles. The molecule has 0 heterocycles. The Morgan fingerprint density at radius 3 is 2.07 bits per heavy atom. The van der Waals surface area contributed by atoms with Gasteiger partial charge in [0.1, 0.15) is 11.5 Å². The van der Waals surface area contributed by atoms with E-state index in [1.165, 1.54) is 12.1 Å². The molecule has 0 radical (unpaired) electrons. The summed E-state index contributed by atoms with van der Waals surface area (Å²) in [5.41, 5.74) is 1.77. The van der Waals surface area contributed by atoms with Crippen LogP contribution in [-0.2, 0) is 21.2 Å². The second kappa shape index (κ2) is 9.07. The van der Waals surface area contributed by atoms with Crippen LogP contribution < -0.4 is 14.6 Å². The van der Waals surface area contributed by atoms with E-state index in [-0.39, 0.29) is 16.8 Å². The molecule has 0 bridgehead atoms. The summed E-state index contributed by atoms with van der Waals surface area (Å²) in [6.07, 6.45) is 0.875. The summed E-state index contributed by atoms with van der Waals surface area (Å²) in [6.45, 7) is 1.89. The number of primary sulfonamides is 1. The van der Waals surface area contributed by atoms with Gasteiger partial charge in [-0.3, -0.25) is 4.79 Å². The van der Waals surface area contributed by atoms with Crippen molar-refractivity contribution in [3.05, 3.63) is 53.6 Å². The third kappa shape index (κ3) is 5.46. The Kier molecular flexibility index (Phi) is 7.04. The molecule has 2 aromatic rings. The Bertz CT molecular complexity index is 904. The fourth-order valence-corrected chi connectivity index (χ4v) is 3.33. The van der Waals surface area contributed by atoms with Gasteiger partial charge < -0.3 is 14.4 Å². The van der Waals surface area contributed by atoms with Gasteiger partial charge >= 0.3 is 0 Å². The molecule has 0 aliphatic carbocycles. The number of benzene rings is 2. The first-order chi connectivity index (χ1) is 13.2. The lowest BCUT2D eigenvalue weighted by molar-refractivity contribution is -0.131. The summed E-state index contributed by atoms with van der Waals surface area (Å²) >= 11 is 0. The number of nitrogens with two attached hydrogens (primary N) is 1. The van der Waals surface area contributed by atoms with Crippen LogP contribution in [0.4, 0.5) is 0 Å². The Morgan fingerprint density at radius 1 is 1.07 bits per heavy atom. The predicted molar refractivity (Wildman–Crippen MR) is 107 cm³/mol. The third-order valence-electron chi connectivity index (χ3n) is 4.70. The minimum absolute atomic E-state index is 0.0233. The SMILES string of the molecule is COc1cc(CCC(=O)N(C)[C@H](C)c2ccc(S(N)(=O)=O)cc2)cc(OC)c1. The van der Waals surface area contributed by atoms with Crippen LogP contribution in [0.15, 0.2) is 47.4 Å². The van der Waals surface area contributed by atoms with Crippen LogP contribution in [0.3, 0.4) is 0 Å². The highest BCUT2D eigenvalue weighted by Crippen LogP contribution is 2.25. The number of hydrogen-bond donors (Lipinski definition) is 1. The van der Waals surface area contributed by atoms with Crippen molar-refractivity contribution >= 4 is 15.9 Å². The first-order valence-electron chi connectivity index (χ1n) is 8.76. The number of carbonyl (C=O) groups excluding carboxylic acids is 1. The van der Waals surface area contributed by atoms with Crippen molar-refractivity contribution in [2.24, 2.45) is 5.14 Å². The van der Waals surface area contributed by atoms with Gasteiger partial charge in [0, 0.05) is 19.5 Å². The molecule has 1 amide bonds. The zero-order valence-corrected chi connectivity index (χ0v) is 17.3. The monoisotopic (exact) mass is 406 g/mol. The molecule has 0 saturated heterocycles. The first-order valence-corrected chi connectivity index (χ1v) is 10.3. The second-order valence-corrected chi connectivity index (χ2v) is 8.08. The fourth-order valence-electron chi connectivity index (χ4n) is 2.81. The number of nitrogens with zero attached hydrogens (tertiary/aromatic N) is 1. The Morgan fingerprint density at radius 2 is 1.61 bits per heavy atom. The molecule has 7 nitrogen and oxygen atoms in total. The van der Waals surface area contributed by atoms with Crippen molar-refractivity contribution < 1.29 is 22.7 Å². The summed E-state index contributed by atoms with van der Waals surface area (Å²) in [6, 6.07) is 11.6. The van der Waals surface area contributed by atoms with E-state index in [2.05, 4.69) is 0 Å². The lowest BCUT2D eigenvalue weighted by Crippen LogP contribution is -2.29. The zero-order chi connectivity index (χ0) is 20.9. The summed E-state index contributed by atoms with van der Waals surface area (Å²) in [5, 5.41) is 5.12. The lowest BCUT2D eigenvalue weighted by Gasteiger charge is -2.25. The molecular weight excluding hydrogens is 380 g/mol. The maximum Gasteiger partial charge on any atom is 0.238 e. The van der Waals surface area contributed by atoms with E-state index in [0.29, 0.717) is 24.3 Å². The van der Waals surface area contributed by atoms with Gasteiger partial charge in [0.2, 0.25) is 15.9 Å². The minimum atomic E-state index is -3.73. The Labute approximate surface area is 166 Å². The van der Waals surface area contributed by atoms with Gasteiger partial charge in [-0.15, -0.1) is 0 Å². The smallest absolute Gasteiger partial charge is 0.238 e. The first kappa shape index (κ1) is 21.7. The molecule has 1 atom stereocenters. The van der Waals surface area contributed by atoms with E-state index in [0.717, 1.165) is 11.1 Å². The Hall–Kier alpha value is -2.58. The summed E-state index contributed by atoms with van der Waals surface area (Å²) in [7, 11) is 1.16. The Balaban J connectivity index is 2.04. The molecule has 0 unspecified atom stereocenters. The molecule has 2 aromatic carbocycles. The molecule has 0 spiro atoms. The zero-order valence-electron chi connectivity index (χ0n) is 16.5. The van der Waals surface area contributed by atoms with Gasteiger partial charge in [-0.2, -0.15) is 0 Å². The van der Waals surface area contributed by atoms with E-state index in [1.807, 2.05) is 19.1 Å². The molecule has 0 aliphatic heterocycles. The van der Waals surface area contributed by atoms with Crippen LogP contribution in [0.5, 0.6) is 11.5 Å².